The summed E-state index contributed by atoms with van der Waals surface area (Å²) in [4.78, 5) is 37.9. The monoisotopic (exact) mass is 841 g/mol. The Balaban J connectivity index is 4.37. The average molecular weight is 841 g/mol. The fraction of sp³-hybridized carbons (Fsp3) is 0.796. The lowest BCUT2D eigenvalue weighted by atomic mass is 10.1. The molecule has 1 atom stereocenters. The van der Waals surface area contributed by atoms with Crippen molar-refractivity contribution >= 4 is 17.9 Å². The number of hydrogen-bond acceptors (Lipinski definition) is 6. The average Bonchev–Trinajstić information content (AvgIpc) is 3.24. The van der Waals surface area contributed by atoms with E-state index in [0.29, 0.717) is 19.3 Å². The number of hydrogen-bond donors (Lipinski definition) is 0. The lowest BCUT2D eigenvalue weighted by molar-refractivity contribution is -0.167. The molecule has 0 N–H and O–H groups in total. The Morgan fingerprint density at radius 3 is 0.983 bits per heavy atom. The minimum absolute atomic E-state index is 0.0831. The zero-order valence-electron chi connectivity index (χ0n) is 39.7. The molecule has 0 aliphatic rings. The van der Waals surface area contributed by atoms with E-state index < -0.39 is 6.10 Å². The van der Waals surface area contributed by atoms with Gasteiger partial charge in [-0.2, -0.15) is 0 Å². The number of rotatable bonds is 46. The van der Waals surface area contributed by atoms with Gasteiger partial charge in [-0.05, 0) is 89.9 Å². The van der Waals surface area contributed by atoms with Gasteiger partial charge in [0.2, 0.25) is 0 Å². The predicted molar refractivity (Wildman–Crippen MR) is 256 cm³/mol. The van der Waals surface area contributed by atoms with Crippen LogP contribution in [-0.2, 0) is 28.6 Å². The molecule has 0 saturated heterocycles. The standard InChI is InChI=1S/C54H96O6/c1-4-7-10-13-16-19-22-24-26-27-28-30-32-35-38-41-44-47-53(56)59-50-51(49-58-52(55)46-43-40-37-34-31-21-18-15-12-9-6-3)60-54(57)48-45-42-39-36-33-29-25-23-20-17-14-11-8-5-2/h14-15,17-18,23-26,51H,4-13,16,19-22,27-50H2,1-3H3/b17-14-,18-15-,25-23-,26-24-/t51-/m1/s1. The van der Waals surface area contributed by atoms with E-state index in [1.807, 2.05) is 0 Å². The molecule has 0 aromatic rings. The number of ether oxygens (including phenoxy) is 3. The van der Waals surface area contributed by atoms with Crippen molar-refractivity contribution in [3.8, 4) is 0 Å². The predicted octanol–water partition coefficient (Wildman–Crippen LogP) is 16.7. The first-order valence-corrected chi connectivity index (χ1v) is 25.6. The summed E-state index contributed by atoms with van der Waals surface area (Å²) in [7, 11) is 0. The summed E-state index contributed by atoms with van der Waals surface area (Å²) in [6, 6.07) is 0. The molecule has 0 radical (unpaired) electrons. The first-order chi connectivity index (χ1) is 29.5. The molecule has 0 rings (SSSR count). The fourth-order valence-electron chi connectivity index (χ4n) is 7.08. The molecule has 0 saturated carbocycles. The number of carbonyl (C=O) groups excluding carboxylic acids is 3. The van der Waals surface area contributed by atoms with Crippen LogP contribution in [0.5, 0.6) is 0 Å². The van der Waals surface area contributed by atoms with Crippen LogP contribution in [-0.4, -0.2) is 37.2 Å². The normalized spacial score (nSPS) is 12.4. The van der Waals surface area contributed by atoms with Crippen LogP contribution >= 0.6 is 0 Å². The van der Waals surface area contributed by atoms with Crippen LogP contribution in [0.15, 0.2) is 48.6 Å². The van der Waals surface area contributed by atoms with Gasteiger partial charge in [-0.3, -0.25) is 14.4 Å². The molecule has 0 amide bonds. The molecule has 0 aromatic heterocycles. The smallest absolute Gasteiger partial charge is 0.306 e. The van der Waals surface area contributed by atoms with E-state index in [9.17, 15) is 14.4 Å². The largest absolute Gasteiger partial charge is 0.462 e. The number of allylic oxidation sites excluding steroid dienone is 8. The molecule has 348 valence electrons. The maximum atomic E-state index is 12.8. The lowest BCUT2D eigenvalue weighted by Crippen LogP contribution is -2.30. The van der Waals surface area contributed by atoms with Gasteiger partial charge in [0.15, 0.2) is 6.10 Å². The molecular weight excluding hydrogens is 745 g/mol. The molecule has 0 fully saturated rings. The molecule has 0 heterocycles. The van der Waals surface area contributed by atoms with Crippen LogP contribution in [0, 0.1) is 0 Å². The Bertz CT molecular complexity index is 1060. The minimum Gasteiger partial charge on any atom is -0.462 e. The summed E-state index contributed by atoms with van der Waals surface area (Å²) >= 11 is 0. The van der Waals surface area contributed by atoms with Crippen molar-refractivity contribution in [1.82, 2.24) is 0 Å². The topological polar surface area (TPSA) is 78.9 Å². The second-order valence-electron chi connectivity index (χ2n) is 17.1. The van der Waals surface area contributed by atoms with Crippen LogP contribution in [0.4, 0.5) is 0 Å². The van der Waals surface area contributed by atoms with Gasteiger partial charge in [0.05, 0.1) is 0 Å². The van der Waals surface area contributed by atoms with Gasteiger partial charge in [0.25, 0.3) is 0 Å². The first kappa shape index (κ1) is 57.4. The summed E-state index contributed by atoms with van der Waals surface area (Å²) in [5, 5.41) is 0. The fourth-order valence-corrected chi connectivity index (χ4v) is 7.08. The van der Waals surface area contributed by atoms with Gasteiger partial charge >= 0.3 is 17.9 Å². The van der Waals surface area contributed by atoms with Crippen LogP contribution in [0.3, 0.4) is 0 Å². The van der Waals surface area contributed by atoms with Crippen LogP contribution in [0.25, 0.3) is 0 Å². The Hall–Kier alpha value is -2.63. The molecule has 0 aromatic carbocycles. The summed E-state index contributed by atoms with van der Waals surface area (Å²) in [6.45, 7) is 6.54. The van der Waals surface area contributed by atoms with E-state index in [0.717, 1.165) is 89.9 Å². The van der Waals surface area contributed by atoms with Gasteiger partial charge in [-0.1, -0.05) is 198 Å². The van der Waals surface area contributed by atoms with Crippen molar-refractivity contribution in [1.29, 1.82) is 0 Å². The van der Waals surface area contributed by atoms with Gasteiger partial charge in [-0.15, -0.1) is 0 Å². The van der Waals surface area contributed by atoms with Crippen LogP contribution < -0.4 is 0 Å². The van der Waals surface area contributed by atoms with Crippen molar-refractivity contribution in [2.75, 3.05) is 13.2 Å². The van der Waals surface area contributed by atoms with E-state index in [2.05, 4.69) is 69.4 Å². The van der Waals surface area contributed by atoms with Crippen molar-refractivity contribution in [2.24, 2.45) is 0 Å². The summed E-state index contributed by atoms with van der Waals surface area (Å²) in [6.07, 6.45) is 58.0. The van der Waals surface area contributed by atoms with Crippen molar-refractivity contribution in [2.45, 2.75) is 264 Å². The Kier molecular flexibility index (Phi) is 46.9. The van der Waals surface area contributed by atoms with Crippen LogP contribution in [0.2, 0.25) is 0 Å². The second kappa shape index (κ2) is 49.0. The SMILES string of the molecule is CCCC/C=C\C/C=C\CCCCCCCC(=O)O[C@H](COC(=O)CCCCCCC/C=C\CCCC)COC(=O)CCCCCCCCC/C=C\CCCCCCCC. The summed E-state index contributed by atoms with van der Waals surface area (Å²) in [5.74, 6) is -0.907. The van der Waals surface area contributed by atoms with Gasteiger partial charge in [-0.25, -0.2) is 0 Å². The molecule has 0 aliphatic carbocycles. The third kappa shape index (κ3) is 46.4. The third-order valence-corrected chi connectivity index (χ3v) is 11.0. The van der Waals surface area contributed by atoms with Crippen molar-refractivity contribution in [3.05, 3.63) is 48.6 Å². The maximum absolute atomic E-state index is 12.8. The van der Waals surface area contributed by atoms with Gasteiger partial charge in [0.1, 0.15) is 13.2 Å². The van der Waals surface area contributed by atoms with Gasteiger partial charge in [0, 0.05) is 19.3 Å². The first-order valence-electron chi connectivity index (χ1n) is 25.6. The number of carbonyl (C=O) groups is 3. The second-order valence-corrected chi connectivity index (χ2v) is 17.1. The van der Waals surface area contributed by atoms with E-state index in [-0.39, 0.29) is 31.1 Å². The molecule has 0 bridgehead atoms. The third-order valence-electron chi connectivity index (χ3n) is 11.0. The highest BCUT2D eigenvalue weighted by Crippen LogP contribution is 2.14. The Morgan fingerprint density at radius 1 is 0.333 bits per heavy atom. The minimum atomic E-state index is -0.783. The number of unbranched alkanes of at least 4 members (excludes halogenated alkanes) is 27. The van der Waals surface area contributed by atoms with E-state index in [4.69, 9.17) is 14.2 Å². The van der Waals surface area contributed by atoms with E-state index >= 15 is 0 Å². The Labute approximate surface area is 371 Å². The van der Waals surface area contributed by atoms with Gasteiger partial charge < -0.3 is 14.2 Å². The highest BCUT2D eigenvalue weighted by atomic mass is 16.6. The summed E-state index contributed by atoms with van der Waals surface area (Å²) in [5.41, 5.74) is 0. The lowest BCUT2D eigenvalue weighted by Gasteiger charge is -2.18. The molecule has 6 heteroatoms. The molecule has 6 nitrogen and oxygen atoms in total. The zero-order chi connectivity index (χ0) is 43.7. The Morgan fingerprint density at radius 2 is 0.617 bits per heavy atom. The molecule has 60 heavy (non-hydrogen) atoms. The molecule has 0 unspecified atom stereocenters. The van der Waals surface area contributed by atoms with E-state index in [1.54, 1.807) is 0 Å². The highest BCUT2D eigenvalue weighted by Gasteiger charge is 2.19. The maximum Gasteiger partial charge on any atom is 0.306 e. The van der Waals surface area contributed by atoms with E-state index in [1.165, 1.54) is 128 Å². The van der Waals surface area contributed by atoms with Crippen LogP contribution in [0.1, 0.15) is 258 Å². The number of esters is 3. The highest BCUT2D eigenvalue weighted by molar-refractivity contribution is 5.71. The molecule has 0 spiro atoms. The molecule has 0 aliphatic heterocycles. The molecular formula is C54H96O6. The quantitative estimate of drug-likeness (QED) is 0.0263. The van der Waals surface area contributed by atoms with Crippen molar-refractivity contribution < 1.29 is 28.6 Å². The zero-order valence-corrected chi connectivity index (χ0v) is 39.7. The summed E-state index contributed by atoms with van der Waals surface area (Å²) < 4.78 is 16.8. The van der Waals surface area contributed by atoms with Crippen molar-refractivity contribution in [3.63, 3.8) is 0 Å².